The zero-order chi connectivity index (χ0) is 29.3. The molecule has 2 N–H and O–H groups in total. The summed E-state index contributed by atoms with van der Waals surface area (Å²) in [5.41, 5.74) is -0.229. The molecule has 0 saturated heterocycles. The number of carbonyl (C=O) groups excluding carboxylic acids is 2. The van der Waals surface area contributed by atoms with Crippen molar-refractivity contribution in [3.63, 3.8) is 0 Å². The van der Waals surface area contributed by atoms with Crippen LogP contribution in [0.3, 0.4) is 0 Å². The summed E-state index contributed by atoms with van der Waals surface area (Å²) in [4.78, 5) is 29.2. The topological polar surface area (TPSA) is 87.1 Å². The number of ether oxygens (including phenoxy) is 1. The average molecular weight is 550 g/mol. The van der Waals surface area contributed by atoms with Crippen molar-refractivity contribution in [2.24, 2.45) is 22.7 Å². The first-order valence-electron chi connectivity index (χ1n) is 14.7. The van der Waals surface area contributed by atoms with Crippen molar-refractivity contribution in [1.29, 1.82) is 0 Å². The quantitative estimate of drug-likeness (QED) is 0.380. The first-order valence-corrected chi connectivity index (χ1v) is 14.7. The van der Waals surface area contributed by atoms with E-state index in [-0.39, 0.29) is 35.4 Å². The Balaban J connectivity index is 1.54. The number of hydrogen-bond acceptors (Lipinski definition) is 5. The first kappa shape index (κ1) is 30.4. The largest absolute Gasteiger partial charge is 0.391 e. The number of hydrogen-bond donors (Lipinski definition) is 2. The summed E-state index contributed by atoms with van der Waals surface area (Å²) in [7, 11) is 1.68. The van der Waals surface area contributed by atoms with Crippen LogP contribution in [0.5, 0.6) is 0 Å². The molecule has 0 aliphatic heterocycles. The van der Waals surface area contributed by atoms with Crippen LogP contribution in [0.25, 0.3) is 0 Å². The molecule has 6 atom stereocenters. The molecule has 2 saturated carbocycles. The third-order valence-corrected chi connectivity index (χ3v) is 10.4. The summed E-state index contributed by atoms with van der Waals surface area (Å²) in [6.45, 7) is 10.5. The molecule has 2 aliphatic rings. The number of fused-ring (bicyclic) bond motifs is 2. The van der Waals surface area contributed by atoms with Crippen LogP contribution in [0.2, 0.25) is 0 Å². The fourth-order valence-corrected chi connectivity index (χ4v) is 7.25. The third-order valence-electron chi connectivity index (χ3n) is 10.4. The lowest BCUT2D eigenvalue weighted by molar-refractivity contribution is -0.160. The summed E-state index contributed by atoms with van der Waals surface area (Å²) in [6.07, 6.45) is 0.563. The zero-order valence-corrected chi connectivity index (χ0v) is 25.0. The molecule has 1 amide bonds. The maximum absolute atomic E-state index is 13.8. The number of likely N-dealkylation sites (N-methyl/N-ethyl adjacent to an activating group) is 1. The number of aliphatic hydroxyl groups excluding tert-OH is 1. The van der Waals surface area contributed by atoms with Crippen molar-refractivity contribution in [1.82, 2.24) is 4.90 Å². The Morgan fingerprint density at radius 2 is 1.57 bits per heavy atom. The van der Waals surface area contributed by atoms with Crippen LogP contribution in [0.4, 0.5) is 0 Å². The van der Waals surface area contributed by atoms with Gasteiger partial charge in [-0.15, -0.1) is 0 Å². The Morgan fingerprint density at radius 1 is 1.00 bits per heavy atom. The van der Waals surface area contributed by atoms with Gasteiger partial charge in [-0.2, -0.15) is 0 Å². The standard InChI is InChI=1S/C34H47NO5/c1-23(2)30(40-22-25-15-11-8-12-16-25)31(38)35(6)27(19-24-13-9-7-10-14-24)28(36)20-29(37)34(39)21-26-17-18-33(34,5)32(26,3)4/h7-16,23,26-28,30,36,39H,17-22H2,1-6H3/t26-,27+,28-,30+,33-,34+/m1/s1. The van der Waals surface area contributed by atoms with Gasteiger partial charge in [0.05, 0.1) is 18.8 Å². The summed E-state index contributed by atoms with van der Waals surface area (Å²) in [6, 6.07) is 18.8. The van der Waals surface area contributed by atoms with E-state index in [2.05, 4.69) is 13.8 Å². The minimum atomic E-state index is -1.47. The molecule has 2 aliphatic carbocycles. The molecule has 2 bridgehead atoms. The summed E-state index contributed by atoms with van der Waals surface area (Å²) >= 11 is 0. The Bertz CT molecular complexity index is 1170. The van der Waals surface area contributed by atoms with Gasteiger partial charge in [-0.25, -0.2) is 0 Å². The summed E-state index contributed by atoms with van der Waals surface area (Å²) in [5, 5.41) is 23.4. The second-order valence-corrected chi connectivity index (χ2v) is 13.2. The predicted molar refractivity (Wildman–Crippen MR) is 156 cm³/mol. The van der Waals surface area contributed by atoms with Crippen molar-refractivity contribution in [2.75, 3.05) is 7.05 Å². The van der Waals surface area contributed by atoms with Gasteiger partial charge < -0.3 is 19.8 Å². The van der Waals surface area contributed by atoms with Crippen molar-refractivity contribution in [3.05, 3.63) is 71.8 Å². The highest BCUT2D eigenvalue weighted by Gasteiger charge is 2.70. The van der Waals surface area contributed by atoms with E-state index in [1.807, 2.05) is 81.4 Å². The number of nitrogens with zero attached hydrogens (tertiary/aromatic N) is 1. The monoisotopic (exact) mass is 549 g/mol. The van der Waals surface area contributed by atoms with Crippen LogP contribution in [-0.4, -0.2) is 57.7 Å². The van der Waals surface area contributed by atoms with Gasteiger partial charge in [0.1, 0.15) is 11.7 Å². The SMILES string of the molecule is CC(C)[C@H](OCc1ccccc1)C(=O)N(C)[C@@H](Cc1ccccc1)[C@H](O)CC(=O)[C@@]1(O)C[C@H]2CC[C@]1(C)C2(C)C. The molecular weight excluding hydrogens is 502 g/mol. The minimum absolute atomic E-state index is 0.0910. The van der Waals surface area contributed by atoms with Crippen LogP contribution in [0.1, 0.15) is 71.4 Å². The Morgan fingerprint density at radius 3 is 2.08 bits per heavy atom. The molecule has 0 heterocycles. The number of amides is 1. The number of rotatable bonds is 12. The second-order valence-electron chi connectivity index (χ2n) is 13.2. The van der Waals surface area contributed by atoms with Crippen molar-refractivity contribution in [3.8, 4) is 0 Å². The molecule has 218 valence electrons. The van der Waals surface area contributed by atoms with E-state index in [9.17, 15) is 19.8 Å². The average Bonchev–Trinajstić information content (AvgIpc) is 3.24. The van der Waals surface area contributed by atoms with Gasteiger partial charge in [0.25, 0.3) is 5.91 Å². The van der Waals surface area contributed by atoms with E-state index in [1.165, 1.54) is 0 Å². The van der Waals surface area contributed by atoms with Gasteiger partial charge in [-0.05, 0) is 54.1 Å². The number of carbonyl (C=O) groups is 2. The molecule has 2 aromatic carbocycles. The zero-order valence-electron chi connectivity index (χ0n) is 25.0. The second kappa shape index (κ2) is 11.8. The molecular formula is C34H47NO5. The molecule has 0 aromatic heterocycles. The molecule has 40 heavy (non-hydrogen) atoms. The van der Waals surface area contributed by atoms with Crippen molar-refractivity contribution in [2.45, 2.75) is 97.2 Å². The lowest BCUT2D eigenvalue weighted by atomic mass is 9.62. The Kier molecular flexibility index (Phi) is 8.94. The fourth-order valence-electron chi connectivity index (χ4n) is 7.25. The van der Waals surface area contributed by atoms with Crippen LogP contribution in [0, 0.1) is 22.7 Å². The Labute approximate surface area is 239 Å². The highest BCUT2D eigenvalue weighted by molar-refractivity contribution is 5.89. The molecule has 6 heteroatoms. The van der Waals surface area contributed by atoms with Crippen LogP contribution in [-0.2, 0) is 27.4 Å². The lowest BCUT2D eigenvalue weighted by Crippen LogP contribution is -2.56. The normalized spacial score (nSPS) is 27.4. The number of aliphatic hydroxyl groups is 2. The summed E-state index contributed by atoms with van der Waals surface area (Å²) < 4.78 is 6.12. The maximum Gasteiger partial charge on any atom is 0.252 e. The molecule has 2 fully saturated rings. The van der Waals surface area contributed by atoms with Gasteiger partial charge in [0.2, 0.25) is 0 Å². The van der Waals surface area contributed by atoms with Gasteiger partial charge >= 0.3 is 0 Å². The Hall–Kier alpha value is -2.54. The number of ketones is 1. The molecule has 4 rings (SSSR count). The fraction of sp³-hybridized carbons (Fsp3) is 0.588. The maximum atomic E-state index is 13.8. The first-order chi connectivity index (χ1) is 18.8. The van der Waals surface area contributed by atoms with E-state index in [4.69, 9.17) is 4.74 Å². The van der Waals surface area contributed by atoms with E-state index in [0.717, 1.165) is 24.0 Å². The van der Waals surface area contributed by atoms with Gasteiger partial charge in [0.15, 0.2) is 5.78 Å². The lowest BCUT2D eigenvalue weighted by Gasteiger charge is -2.45. The van der Waals surface area contributed by atoms with Crippen LogP contribution >= 0.6 is 0 Å². The molecule has 2 aromatic rings. The van der Waals surface area contributed by atoms with Crippen LogP contribution in [0.15, 0.2) is 60.7 Å². The summed E-state index contributed by atoms with van der Waals surface area (Å²) in [5.74, 6) is -0.365. The highest BCUT2D eigenvalue weighted by Crippen LogP contribution is 2.70. The van der Waals surface area contributed by atoms with Crippen molar-refractivity contribution < 1.29 is 24.5 Å². The number of Topliss-reactive ketones (excluding diaryl/α,β-unsaturated/α-hetero) is 1. The van der Waals surface area contributed by atoms with Gasteiger partial charge in [-0.1, -0.05) is 95.3 Å². The molecule has 0 spiro atoms. The molecule has 0 radical (unpaired) electrons. The van der Waals surface area contributed by atoms with E-state index in [0.29, 0.717) is 19.4 Å². The predicted octanol–water partition coefficient (Wildman–Crippen LogP) is 5.19. The van der Waals surface area contributed by atoms with E-state index < -0.39 is 29.3 Å². The van der Waals surface area contributed by atoms with Crippen molar-refractivity contribution >= 4 is 11.7 Å². The number of benzene rings is 2. The van der Waals surface area contributed by atoms with Crippen LogP contribution < -0.4 is 0 Å². The molecule has 6 nitrogen and oxygen atoms in total. The third kappa shape index (κ3) is 5.50. The van der Waals surface area contributed by atoms with Gasteiger partial charge in [-0.3, -0.25) is 9.59 Å². The minimum Gasteiger partial charge on any atom is -0.391 e. The highest BCUT2D eigenvalue weighted by atomic mass is 16.5. The van der Waals surface area contributed by atoms with E-state index >= 15 is 0 Å². The smallest absolute Gasteiger partial charge is 0.252 e. The molecule has 0 unspecified atom stereocenters. The van der Waals surface area contributed by atoms with Gasteiger partial charge in [0, 0.05) is 18.9 Å². The van der Waals surface area contributed by atoms with E-state index in [1.54, 1.807) is 11.9 Å².